The fraction of sp³-hybridized carbons (Fsp3) is 0.350. The summed E-state index contributed by atoms with van der Waals surface area (Å²) in [5.41, 5.74) is 2.98. The number of nitrogens with one attached hydrogen (secondary N) is 2. The van der Waals surface area contributed by atoms with E-state index in [1.165, 1.54) is 24.0 Å². The zero-order chi connectivity index (χ0) is 22.7. The number of benzene rings is 2. The van der Waals surface area contributed by atoms with Crippen LogP contribution in [0.5, 0.6) is 0 Å². The molecule has 0 heterocycles. The summed E-state index contributed by atoms with van der Waals surface area (Å²) in [6.07, 6.45) is 0. The van der Waals surface area contributed by atoms with E-state index in [1.807, 2.05) is 12.1 Å². The van der Waals surface area contributed by atoms with Crippen LogP contribution in [0.15, 0.2) is 42.5 Å². The lowest BCUT2D eigenvalue weighted by Gasteiger charge is -2.49. The summed E-state index contributed by atoms with van der Waals surface area (Å²) >= 11 is 0. The van der Waals surface area contributed by atoms with E-state index in [-0.39, 0.29) is 18.0 Å². The van der Waals surface area contributed by atoms with E-state index in [2.05, 4.69) is 0 Å². The largest absolute Gasteiger partial charge is 0.369 e. The van der Waals surface area contributed by atoms with Gasteiger partial charge in [0.25, 0.3) is 17.4 Å². The Morgan fingerprint density at radius 1 is 1.03 bits per heavy atom. The first-order chi connectivity index (χ1) is 14.0. The molecule has 4 amide bonds. The predicted molar refractivity (Wildman–Crippen MR) is 107 cm³/mol. The van der Waals surface area contributed by atoms with Crippen molar-refractivity contribution in [2.45, 2.75) is 31.9 Å². The van der Waals surface area contributed by atoms with Crippen molar-refractivity contribution in [3.8, 4) is 0 Å². The Kier molecular flexibility index (Phi) is 6.66. The number of aliphatic hydroxyl groups is 1. The first-order valence-corrected chi connectivity index (χ1v) is 9.21. The molecule has 30 heavy (non-hydrogen) atoms. The standard InChI is InChI=1S/C20H26N4O6/c1-12(2)11-24(18(21)27)19(3,20(28,16(25)22-29)17(26)23-30)15-9-8-13-6-4-5-7-14(13)10-15/h4-10,12,28-30H,11H2,1-3H3,(H2,21,27)(H,22,25)(H,23,26). The number of hydrogen-bond donors (Lipinski definition) is 6. The van der Waals surface area contributed by atoms with Crippen molar-refractivity contribution in [1.82, 2.24) is 15.9 Å². The molecule has 0 spiro atoms. The van der Waals surface area contributed by atoms with Crippen LogP contribution < -0.4 is 16.7 Å². The smallest absolute Gasteiger partial charge is 0.315 e. The SMILES string of the molecule is CC(C)CN(C(N)=O)C(C)(c1ccc2ccccc2c1)C(O)(C(=O)NO)C(=O)NO. The molecular formula is C20H26N4O6. The lowest BCUT2D eigenvalue weighted by atomic mass is 9.72. The molecule has 1 atom stereocenters. The molecule has 10 nitrogen and oxygen atoms in total. The summed E-state index contributed by atoms with van der Waals surface area (Å²) in [5, 5.41) is 31.4. The Morgan fingerprint density at radius 3 is 2.03 bits per heavy atom. The molecule has 0 saturated heterocycles. The van der Waals surface area contributed by atoms with Gasteiger partial charge in [-0.05, 0) is 35.2 Å². The van der Waals surface area contributed by atoms with Gasteiger partial charge >= 0.3 is 6.03 Å². The Bertz CT molecular complexity index is 947. The Hall–Kier alpha value is -3.21. The summed E-state index contributed by atoms with van der Waals surface area (Å²) in [7, 11) is 0. The van der Waals surface area contributed by atoms with Gasteiger partial charge < -0.3 is 15.7 Å². The molecule has 0 fully saturated rings. The number of rotatable bonds is 7. The second kappa shape index (κ2) is 8.66. The van der Waals surface area contributed by atoms with Crippen LogP contribution in [0.3, 0.4) is 0 Å². The third kappa shape index (κ3) is 3.67. The molecule has 1 unspecified atom stereocenters. The number of carbonyl (C=O) groups is 3. The van der Waals surface area contributed by atoms with E-state index < -0.39 is 29.0 Å². The van der Waals surface area contributed by atoms with Gasteiger partial charge in [-0.15, -0.1) is 0 Å². The van der Waals surface area contributed by atoms with Gasteiger partial charge in [0.15, 0.2) is 0 Å². The number of primary amides is 1. The highest BCUT2D eigenvalue weighted by molar-refractivity contribution is 6.09. The Morgan fingerprint density at radius 2 is 1.57 bits per heavy atom. The van der Waals surface area contributed by atoms with Gasteiger partial charge in [0.1, 0.15) is 5.54 Å². The third-order valence-electron chi connectivity index (χ3n) is 5.23. The lowest BCUT2D eigenvalue weighted by Crippen LogP contribution is -2.73. The van der Waals surface area contributed by atoms with Crippen LogP contribution in [0.25, 0.3) is 10.8 Å². The second-order valence-electron chi connectivity index (χ2n) is 7.57. The highest BCUT2D eigenvalue weighted by Crippen LogP contribution is 2.41. The van der Waals surface area contributed by atoms with Crippen LogP contribution in [0.1, 0.15) is 26.3 Å². The van der Waals surface area contributed by atoms with E-state index in [9.17, 15) is 29.9 Å². The van der Waals surface area contributed by atoms with Crippen molar-refractivity contribution in [2.24, 2.45) is 11.7 Å². The van der Waals surface area contributed by atoms with Crippen molar-refractivity contribution >= 4 is 28.6 Å². The van der Waals surface area contributed by atoms with Crippen molar-refractivity contribution in [3.05, 3.63) is 48.0 Å². The van der Waals surface area contributed by atoms with Gasteiger partial charge in [-0.2, -0.15) is 0 Å². The molecule has 2 aromatic rings. The number of urea groups is 1. The Balaban J connectivity index is 2.92. The van der Waals surface area contributed by atoms with E-state index in [0.717, 1.165) is 10.3 Å². The molecule has 0 aliphatic rings. The van der Waals surface area contributed by atoms with Crippen LogP contribution in [-0.4, -0.2) is 50.4 Å². The van der Waals surface area contributed by atoms with Gasteiger partial charge in [-0.25, -0.2) is 15.8 Å². The average Bonchev–Trinajstić information content (AvgIpc) is 2.74. The van der Waals surface area contributed by atoms with Crippen LogP contribution in [0.2, 0.25) is 0 Å². The number of hydrogen-bond acceptors (Lipinski definition) is 6. The van der Waals surface area contributed by atoms with Crippen molar-refractivity contribution in [2.75, 3.05) is 6.54 Å². The van der Waals surface area contributed by atoms with Gasteiger partial charge in [0.2, 0.25) is 0 Å². The minimum absolute atomic E-state index is 0.0433. The van der Waals surface area contributed by atoms with E-state index in [1.54, 1.807) is 38.1 Å². The molecule has 162 valence electrons. The normalized spacial score (nSPS) is 13.6. The number of carbonyl (C=O) groups excluding carboxylic acids is 3. The molecule has 0 aliphatic carbocycles. The first-order valence-electron chi connectivity index (χ1n) is 9.21. The van der Waals surface area contributed by atoms with Gasteiger partial charge in [0.05, 0.1) is 0 Å². The molecular weight excluding hydrogens is 392 g/mol. The third-order valence-corrected chi connectivity index (χ3v) is 5.23. The van der Waals surface area contributed by atoms with Gasteiger partial charge in [-0.1, -0.05) is 50.2 Å². The van der Waals surface area contributed by atoms with E-state index in [0.29, 0.717) is 5.39 Å². The minimum atomic E-state index is -3.15. The molecule has 7 N–H and O–H groups in total. The first kappa shape index (κ1) is 23.1. The Labute approximate surface area is 173 Å². The molecule has 2 rings (SSSR count). The maximum absolute atomic E-state index is 12.6. The molecule has 0 aliphatic heterocycles. The number of nitrogens with zero attached hydrogens (tertiary/aromatic N) is 1. The van der Waals surface area contributed by atoms with Crippen molar-refractivity contribution < 1.29 is 29.9 Å². The fourth-order valence-electron chi connectivity index (χ4n) is 3.62. The van der Waals surface area contributed by atoms with E-state index in [4.69, 9.17) is 5.73 Å². The second-order valence-corrected chi connectivity index (χ2v) is 7.57. The van der Waals surface area contributed by atoms with Gasteiger partial charge in [-0.3, -0.25) is 20.0 Å². The summed E-state index contributed by atoms with van der Waals surface area (Å²) < 4.78 is 0. The lowest BCUT2D eigenvalue weighted by molar-refractivity contribution is -0.181. The minimum Gasteiger partial charge on any atom is -0.369 e. The van der Waals surface area contributed by atoms with Gasteiger partial charge in [0, 0.05) is 6.54 Å². The molecule has 2 aromatic carbocycles. The maximum Gasteiger partial charge on any atom is 0.315 e. The topological polar surface area (TPSA) is 165 Å². The molecule has 0 radical (unpaired) electrons. The molecule has 0 bridgehead atoms. The molecule has 0 saturated carbocycles. The number of amides is 4. The maximum atomic E-state index is 12.6. The number of fused-ring (bicyclic) bond motifs is 1. The van der Waals surface area contributed by atoms with Crippen LogP contribution in [-0.2, 0) is 15.1 Å². The zero-order valence-electron chi connectivity index (χ0n) is 16.9. The van der Waals surface area contributed by atoms with Crippen molar-refractivity contribution in [3.63, 3.8) is 0 Å². The highest BCUT2D eigenvalue weighted by atomic mass is 16.5. The molecule has 0 aromatic heterocycles. The van der Waals surface area contributed by atoms with Crippen LogP contribution in [0.4, 0.5) is 4.79 Å². The monoisotopic (exact) mass is 418 g/mol. The average molecular weight is 418 g/mol. The summed E-state index contributed by atoms with van der Waals surface area (Å²) in [6, 6.07) is 11.0. The summed E-state index contributed by atoms with van der Waals surface area (Å²) in [4.78, 5) is 38.5. The summed E-state index contributed by atoms with van der Waals surface area (Å²) in [5.74, 6) is -3.28. The van der Waals surface area contributed by atoms with E-state index >= 15 is 0 Å². The number of hydroxylamine groups is 2. The van der Waals surface area contributed by atoms with Crippen molar-refractivity contribution in [1.29, 1.82) is 0 Å². The predicted octanol–water partition coefficient (Wildman–Crippen LogP) is 0.834. The van der Waals surface area contributed by atoms with Crippen LogP contribution >= 0.6 is 0 Å². The van der Waals surface area contributed by atoms with Crippen LogP contribution in [0, 0.1) is 5.92 Å². The zero-order valence-corrected chi connectivity index (χ0v) is 16.9. The molecule has 10 heteroatoms. The quantitative estimate of drug-likeness (QED) is 0.221. The highest BCUT2D eigenvalue weighted by Gasteiger charge is 2.63. The number of nitrogens with two attached hydrogens (primary N) is 1. The fourth-order valence-corrected chi connectivity index (χ4v) is 3.62. The summed E-state index contributed by atoms with van der Waals surface area (Å²) in [6.45, 7) is 4.76.